The molecule has 0 spiro atoms. The fourth-order valence-corrected chi connectivity index (χ4v) is 1.49. The molecule has 1 heterocycles. The zero-order valence-electron chi connectivity index (χ0n) is 9.65. The van der Waals surface area contributed by atoms with Gasteiger partial charge in [-0.15, -0.1) is 0 Å². The predicted octanol–water partition coefficient (Wildman–Crippen LogP) is 0.0995. The van der Waals surface area contributed by atoms with Gasteiger partial charge in [-0.3, -0.25) is 4.79 Å². The third-order valence-electron chi connectivity index (χ3n) is 2.29. The zero-order chi connectivity index (χ0) is 12.7. The fraction of sp³-hybridized carbons (Fsp3) is 0.250. The van der Waals surface area contributed by atoms with E-state index in [-0.39, 0.29) is 6.54 Å². The van der Waals surface area contributed by atoms with E-state index in [9.17, 15) is 4.79 Å². The highest BCUT2D eigenvalue weighted by Gasteiger charge is 1.99. The van der Waals surface area contributed by atoms with Gasteiger partial charge in [-0.1, -0.05) is 18.2 Å². The Morgan fingerprint density at radius 2 is 1.88 bits per heavy atom. The molecule has 0 saturated heterocycles. The second-order valence-electron chi connectivity index (χ2n) is 3.57. The van der Waals surface area contributed by atoms with Crippen molar-refractivity contribution in [2.24, 2.45) is 17.2 Å². The minimum Gasteiger partial charge on any atom is -0.369 e. The van der Waals surface area contributed by atoms with Crippen molar-refractivity contribution >= 4 is 16.8 Å². The molecule has 0 aliphatic carbocycles. The molecule has 0 radical (unpaired) electrons. The summed E-state index contributed by atoms with van der Waals surface area (Å²) in [6, 6.07) is 8.29. The lowest BCUT2D eigenvalue weighted by Crippen LogP contribution is -2.21. The molecule has 2 rings (SSSR count). The Labute approximate surface area is 100.0 Å². The highest BCUT2D eigenvalue weighted by Crippen LogP contribution is 2.17. The van der Waals surface area contributed by atoms with Crippen molar-refractivity contribution in [2.45, 2.75) is 6.42 Å². The fourth-order valence-electron chi connectivity index (χ4n) is 1.49. The van der Waals surface area contributed by atoms with Crippen LogP contribution in [0.5, 0.6) is 0 Å². The summed E-state index contributed by atoms with van der Waals surface area (Å²) in [4.78, 5) is 12.7. The number of carbonyl (C=O) groups excluding carboxylic acids is 1. The van der Waals surface area contributed by atoms with E-state index in [1.165, 1.54) is 16.5 Å². The van der Waals surface area contributed by atoms with Gasteiger partial charge in [0.05, 0.1) is 6.54 Å². The van der Waals surface area contributed by atoms with E-state index in [1.54, 1.807) is 0 Å². The number of hydrogen-bond acceptors (Lipinski definition) is 3. The molecule has 0 aliphatic heterocycles. The number of primary amides is 1. The third-order valence-corrected chi connectivity index (χ3v) is 2.29. The quantitative estimate of drug-likeness (QED) is 0.604. The van der Waals surface area contributed by atoms with Crippen molar-refractivity contribution in [3.8, 4) is 0 Å². The lowest BCUT2D eigenvalue weighted by atomic mass is 10.1. The summed E-state index contributed by atoms with van der Waals surface area (Å²) < 4.78 is 0. The van der Waals surface area contributed by atoms with Crippen molar-refractivity contribution in [3.63, 3.8) is 0 Å². The summed E-state index contributed by atoms with van der Waals surface area (Å²) in [7, 11) is 0. The monoisotopic (exact) mass is 234 g/mol. The van der Waals surface area contributed by atoms with E-state index in [1.807, 2.05) is 12.3 Å². The Bertz CT molecular complexity index is 478. The van der Waals surface area contributed by atoms with Crippen molar-refractivity contribution in [1.29, 1.82) is 0 Å². The number of aromatic nitrogens is 1. The molecule has 0 saturated carbocycles. The molecular weight excluding hydrogens is 216 g/mol. The molecule has 1 aromatic heterocycles. The number of amides is 1. The van der Waals surface area contributed by atoms with Gasteiger partial charge in [-0.25, -0.2) is 0 Å². The summed E-state index contributed by atoms with van der Waals surface area (Å²) in [5, 5.41) is 1.29. The number of fused-ring (bicyclic) bond motifs is 1. The predicted molar refractivity (Wildman–Crippen MR) is 69.3 cm³/mol. The van der Waals surface area contributed by atoms with Crippen LogP contribution >= 0.6 is 0 Å². The van der Waals surface area contributed by atoms with E-state index in [0.717, 1.165) is 6.42 Å². The van der Waals surface area contributed by atoms with Gasteiger partial charge in [0, 0.05) is 17.1 Å². The first-order chi connectivity index (χ1) is 8.19. The Morgan fingerprint density at radius 3 is 2.47 bits per heavy atom. The maximum Gasteiger partial charge on any atom is 0.231 e. The molecule has 1 aromatic carbocycles. The van der Waals surface area contributed by atoms with Crippen LogP contribution in [0.3, 0.4) is 0 Å². The third kappa shape index (κ3) is 3.90. The molecule has 5 nitrogen and oxygen atoms in total. The average molecular weight is 234 g/mol. The molecule has 2 aromatic rings. The number of H-pyrrole nitrogens is 1. The van der Waals surface area contributed by atoms with Crippen LogP contribution in [0.2, 0.25) is 0 Å². The Balaban J connectivity index is 0.000000249. The maximum atomic E-state index is 9.47. The normalized spacial score (nSPS) is 9.76. The van der Waals surface area contributed by atoms with Crippen LogP contribution in [0.15, 0.2) is 30.5 Å². The molecule has 7 N–H and O–H groups in total. The first-order valence-electron chi connectivity index (χ1n) is 5.42. The van der Waals surface area contributed by atoms with Crippen LogP contribution in [0.25, 0.3) is 10.9 Å². The maximum absolute atomic E-state index is 9.47. The minimum atomic E-state index is -0.468. The van der Waals surface area contributed by atoms with E-state index in [4.69, 9.17) is 11.5 Å². The lowest BCUT2D eigenvalue weighted by Gasteiger charge is -1.93. The number of rotatable bonds is 3. The highest BCUT2D eigenvalue weighted by molar-refractivity contribution is 5.83. The van der Waals surface area contributed by atoms with E-state index >= 15 is 0 Å². The van der Waals surface area contributed by atoms with Gasteiger partial charge in [-0.2, -0.15) is 0 Å². The van der Waals surface area contributed by atoms with Crippen molar-refractivity contribution in [3.05, 3.63) is 36.0 Å². The molecule has 92 valence electrons. The van der Waals surface area contributed by atoms with Crippen LogP contribution in [-0.2, 0) is 11.2 Å². The molecule has 0 atom stereocenters. The van der Waals surface area contributed by atoms with Gasteiger partial charge in [0.15, 0.2) is 0 Å². The van der Waals surface area contributed by atoms with Gasteiger partial charge < -0.3 is 22.2 Å². The van der Waals surface area contributed by atoms with Gasteiger partial charge in [0.25, 0.3) is 0 Å². The number of carbonyl (C=O) groups is 1. The number of benzene rings is 1. The SMILES string of the molecule is NCC(N)=O.NCCc1c[nH]c2ccccc12. The molecule has 17 heavy (non-hydrogen) atoms. The first kappa shape index (κ1) is 13.2. The van der Waals surface area contributed by atoms with Crippen LogP contribution in [-0.4, -0.2) is 24.0 Å². The smallest absolute Gasteiger partial charge is 0.231 e. The Kier molecular flexibility index (Phi) is 5.19. The van der Waals surface area contributed by atoms with Gasteiger partial charge in [0.1, 0.15) is 0 Å². The average Bonchev–Trinajstić information content (AvgIpc) is 2.74. The number of nitrogens with one attached hydrogen (secondary N) is 1. The molecule has 0 bridgehead atoms. The number of hydrogen-bond donors (Lipinski definition) is 4. The summed E-state index contributed by atoms with van der Waals surface area (Å²) in [5.41, 5.74) is 17.2. The summed E-state index contributed by atoms with van der Waals surface area (Å²) in [6.45, 7) is 0.655. The second-order valence-corrected chi connectivity index (χ2v) is 3.57. The van der Waals surface area contributed by atoms with E-state index in [2.05, 4.69) is 28.9 Å². The number of nitrogens with two attached hydrogens (primary N) is 3. The first-order valence-corrected chi connectivity index (χ1v) is 5.42. The highest BCUT2D eigenvalue weighted by atomic mass is 16.1. The molecule has 5 heteroatoms. The molecule has 0 aliphatic rings. The molecule has 0 fully saturated rings. The van der Waals surface area contributed by atoms with Crippen LogP contribution in [0.4, 0.5) is 0 Å². The number of para-hydroxylation sites is 1. The standard InChI is InChI=1S/C10H12N2.C2H6N2O/c11-6-5-8-7-12-10-4-2-1-3-9(8)10;3-1-2(4)5/h1-4,7,12H,5-6,11H2;1,3H2,(H2,4,5). The van der Waals surface area contributed by atoms with Crippen molar-refractivity contribution < 1.29 is 4.79 Å². The summed E-state index contributed by atoms with van der Waals surface area (Å²) in [6.07, 6.45) is 2.99. The molecular formula is C12H18N4O. The largest absolute Gasteiger partial charge is 0.369 e. The molecule has 1 amide bonds. The topological polar surface area (TPSA) is 111 Å². The van der Waals surface area contributed by atoms with E-state index in [0.29, 0.717) is 6.54 Å². The second kappa shape index (κ2) is 6.67. The van der Waals surface area contributed by atoms with Gasteiger partial charge in [-0.05, 0) is 24.6 Å². The Morgan fingerprint density at radius 1 is 1.24 bits per heavy atom. The van der Waals surface area contributed by atoms with Gasteiger partial charge in [0.2, 0.25) is 5.91 Å². The lowest BCUT2D eigenvalue weighted by molar-refractivity contribution is -0.116. The summed E-state index contributed by atoms with van der Waals surface area (Å²) in [5.74, 6) is -0.468. The number of aromatic amines is 1. The Hall–Kier alpha value is -1.85. The van der Waals surface area contributed by atoms with Crippen LogP contribution in [0.1, 0.15) is 5.56 Å². The van der Waals surface area contributed by atoms with Crippen LogP contribution < -0.4 is 17.2 Å². The van der Waals surface area contributed by atoms with Crippen molar-refractivity contribution in [2.75, 3.05) is 13.1 Å². The van der Waals surface area contributed by atoms with Gasteiger partial charge >= 0.3 is 0 Å². The van der Waals surface area contributed by atoms with Crippen molar-refractivity contribution in [1.82, 2.24) is 4.98 Å². The molecule has 0 unspecified atom stereocenters. The minimum absolute atomic E-state index is 0.0556. The van der Waals surface area contributed by atoms with E-state index < -0.39 is 5.91 Å². The summed E-state index contributed by atoms with van der Waals surface area (Å²) >= 11 is 0. The van der Waals surface area contributed by atoms with Crippen LogP contribution in [0, 0.1) is 0 Å². The zero-order valence-corrected chi connectivity index (χ0v) is 9.65.